The lowest BCUT2D eigenvalue weighted by molar-refractivity contribution is -0.162. The van der Waals surface area contributed by atoms with Gasteiger partial charge >= 0.3 is 54.0 Å². The fraction of sp³-hybridized carbons (Fsp3) is 0.619. The molecular formula is C84H127N15O24S3. The summed E-state index contributed by atoms with van der Waals surface area (Å²) < 4.78 is 16.9. The van der Waals surface area contributed by atoms with E-state index in [-0.39, 0.29) is 187 Å². The monoisotopic (exact) mass is 1830 g/mol. The maximum absolute atomic E-state index is 15.1. The van der Waals surface area contributed by atoms with Crippen molar-refractivity contribution in [1.29, 1.82) is 0 Å². The third-order valence-corrected chi connectivity index (χ3v) is 24.3. The number of carbonyl (C=O) groups excluding carboxylic acids is 14. The Morgan fingerprint density at radius 1 is 0.667 bits per heavy atom. The SMILES string of the molecule is CCCC(=O)OCN(C(=O)[C@@H](CC(=O)[C@H]1CCCCN1C)C(C)CC)[C@H](C[C@@H](OC(C)=O)c1nc(C(=O)N[C@@H](Cc2ccc(O)cc2)C[C@H](C)C(=O)NNC(=O)OCCSSC[C@H](NC(=O)[C@H](CCCNC(N)=O)CC(=O)[C@H](CCCCC(N)=O)NC(=O)Cc2ccc(CNC(=O)NCCCC[C@H](NC(=O)NCCCC(=O)O)C(=O)O)cc2)C(=O)O)cs1)C(C)C. The first-order valence-electron chi connectivity index (χ1n) is 42.5. The van der Waals surface area contributed by atoms with E-state index in [2.05, 4.69) is 58.4 Å². The number of hydrazine groups is 1. The Hall–Kier alpha value is -10.9. The molecule has 2 heterocycles. The molecule has 1 aliphatic rings. The zero-order valence-corrected chi connectivity index (χ0v) is 75.4. The smallest absolute Gasteiger partial charge is 0.426 e. The molecule has 0 bridgehead atoms. The molecule has 4 rings (SSSR count). The van der Waals surface area contributed by atoms with E-state index in [0.29, 0.717) is 48.8 Å². The number of ether oxygens (including phenoxy) is 3. The number of likely N-dealkylation sites (N-methyl/N-ethyl adjacent to an activating group) is 1. The number of phenols is 1. The lowest BCUT2D eigenvalue weighted by Gasteiger charge is -2.39. The van der Waals surface area contributed by atoms with E-state index >= 15 is 4.79 Å². The Morgan fingerprint density at radius 2 is 1.33 bits per heavy atom. The first-order chi connectivity index (χ1) is 59.9. The number of urea groups is 3. The van der Waals surface area contributed by atoms with Gasteiger partial charge in [-0.15, -0.1) is 11.3 Å². The second kappa shape index (κ2) is 58.4. The Kier molecular flexibility index (Phi) is 49.8. The molecule has 1 aliphatic heterocycles. The minimum absolute atomic E-state index is 0.0107. The molecule has 39 nitrogen and oxygen atoms in total. The highest BCUT2D eigenvalue weighted by atomic mass is 33.1. The van der Waals surface area contributed by atoms with Crippen molar-refractivity contribution in [2.24, 2.45) is 41.1 Å². The number of primary amides is 2. The van der Waals surface area contributed by atoms with Crippen LogP contribution in [-0.4, -0.2) is 231 Å². The van der Waals surface area contributed by atoms with E-state index in [4.69, 9.17) is 30.8 Å². The number of carbonyl (C=O) groups is 17. The normalized spacial score (nSPS) is 14.9. The van der Waals surface area contributed by atoms with E-state index < -0.39 is 157 Å². The molecular weight excluding hydrogens is 1700 g/mol. The first-order valence-corrected chi connectivity index (χ1v) is 45.9. The van der Waals surface area contributed by atoms with Crippen LogP contribution < -0.4 is 64.9 Å². The number of aromatic hydroxyl groups is 1. The van der Waals surface area contributed by atoms with Crippen LogP contribution in [0, 0.1) is 29.6 Å². The molecule has 0 aliphatic carbocycles. The number of phenolic OH excluding ortho intramolecular Hbond substituents is 1. The average Bonchev–Trinajstić information content (AvgIpc) is 1.30. The van der Waals surface area contributed by atoms with E-state index in [1.807, 2.05) is 46.6 Å². The Morgan fingerprint density at radius 3 is 1.97 bits per heavy atom. The largest absolute Gasteiger partial charge is 0.508 e. The number of nitrogens with two attached hydrogens (primary N) is 2. The lowest BCUT2D eigenvalue weighted by atomic mass is 9.82. The van der Waals surface area contributed by atoms with Gasteiger partial charge < -0.3 is 93.5 Å². The fourth-order valence-electron chi connectivity index (χ4n) is 13.8. The van der Waals surface area contributed by atoms with Gasteiger partial charge in [0.25, 0.3) is 5.91 Å². The van der Waals surface area contributed by atoms with Crippen molar-refractivity contribution in [3.8, 4) is 5.75 Å². The van der Waals surface area contributed by atoms with Crippen molar-refractivity contribution in [2.45, 2.75) is 245 Å². The number of aromatic nitrogens is 1. The van der Waals surface area contributed by atoms with Crippen LogP contribution in [0.1, 0.15) is 222 Å². The third kappa shape index (κ3) is 42.4. The second-order valence-corrected chi connectivity index (χ2v) is 35.0. The number of aliphatic carboxylic acids is 3. The van der Waals surface area contributed by atoms with Crippen LogP contribution >= 0.6 is 32.9 Å². The van der Waals surface area contributed by atoms with Crippen LogP contribution in [0.2, 0.25) is 0 Å². The average molecular weight is 1830 g/mol. The molecule has 11 atom stereocenters. The second-order valence-electron chi connectivity index (χ2n) is 31.5. The number of nitrogens with one attached hydrogen (secondary N) is 10. The minimum Gasteiger partial charge on any atom is -0.508 e. The molecule has 1 saturated heterocycles. The van der Waals surface area contributed by atoms with Gasteiger partial charge in [0.2, 0.25) is 29.5 Å². The summed E-state index contributed by atoms with van der Waals surface area (Å²) in [6.45, 7) is 12.6. The van der Waals surface area contributed by atoms with Gasteiger partial charge in [0, 0.05) is 118 Å². The van der Waals surface area contributed by atoms with E-state index in [9.17, 15) is 92.0 Å². The summed E-state index contributed by atoms with van der Waals surface area (Å²) in [6, 6.07) is 4.89. The van der Waals surface area contributed by atoms with Gasteiger partial charge in [0.05, 0.1) is 18.5 Å². The van der Waals surface area contributed by atoms with Crippen molar-refractivity contribution < 1.29 is 116 Å². The number of hydrogen-bond donors (Lipinski definition) is 16. The van der Waals surface area contributed by atoms with E-state index in [0.717, 1.165) is 52.3 Å². The summed E-state index contributed by atoms with van der Waals surface area (Å²) in [5.41, 5.74) is 16.9. The number of likely N-dealkylation sites (tertiary alicyclic amines) is 1. The number of unbranched alkanes of at least 4 members (excludes halogenated alkanes) is 2. The molecule has 1 fully saturated rings. The van der Waals surface area contributed by atoms with Gasteiger partial charge in [0.15, 0.2) is 24.4 Å². The number of benzene rings is 2. The highest BCUT2D eigenvalue weighted by Gasteiger charge is 2.41. The summed E-state index contributed by atoms with van der Waals surface area (Å²) >= 11 is 1.03. The van der Waals surface area contributed by atoms with Crippen molar-refractivity contribution in [3.63, 3.8) is 0 Å². The van der Waals surface area contributed by atoms with Crippen LogP contribution in [0.15, 0.2) is 53.9 Å². The Balaban J connectivity index is 1.34. The number of thiazole rings is 1. The third-order valence-electron chi connectivity index (χ3n) is 21.0. The standard InChI is InChI=1S/C84H127N15O24S3/c1-9-19-73(108)122-49-99(78(112)60(51(5)10-2)44-68(103)65-23-14-16-37-98(65)8)66(50(3)4)45-69(123-53(7)100)77-94-63(47-124-77)76(111)91-58(41-54-30-32-59(101)33-31-54)40-52(6)74(109)96-97-84(120)121-38-39-125-126-48-64(80(115)116)93-75(110)57(20-17-35-87-81(86)117)43-67(102)61(21-11-12-24-70(85)104)92-71(105)42-55-26-28-56(29-27-55)46-90-82(118)88-34-15-13-22-62(79(113)114)95-83(119)89-36-18-25-72(106)107/h26-33,47,50-52,57-58,60-62,64-66,69,101H,9-25,34-46,48-49H2,1-8H3,(H2,85,104)(H,91,111)(H,92,105)(H,93,110)(H,96,109)(H,97,120)(H,106,107)(H,113,114)(H,115,116)(H3,86,87,117)(H2,88,90,118)(H2,89,95,119)/t51?,52-,57+,58+,60-,61-,62-,64-,65+,66+,69+/m0/s1. The van der Waals surface area contributed by atoms with E-state index in [1.54, 1.807) is 43.3 Å². The molecule has 13 amide bonds. The number of ketones is 2. The van der Waals surface area contributed by atoms with Crippen molar-refractivity contribution in [1.82, 2.24) is 68.2 Å². The number of Topliss-reactive ketones (excluding diaryl/α,β-unsaturated/α-hetero) is 2. The number of piperidine rings is 1. The van der Waals surface area contributed by atoms with Crippen molar-refractivity contribution in [2.75, 3.05) is 58.1 Å². The van der Waals surface area contributed by atoms with Crippen LogP contribution in [0.3, 0.4) is 0 Å². The zero-order valence-electron chi connectivity index (χ0n) is 72.9. The number of amides is 13. The molecule has 1 aromatic heterocycles. The van der Waals surface area contributed by atoms with Gasteiger partial charge in [-0.05, 0) is 138 Å². The van der Waals surface area contributed by atoms with E-state index in [1.165, 1.54) is 29.3 Å². The number of esters is 2. The van der Waals surface area contributed by atoms with Gasteiger partial charge in [-0.1, -0.05) is 119 Å². The Labute approximate surface area is 745 Å². The van der Waals surface area contributed by atoms with Gasteiger partial charge in [-0.3, -0.25) is 63.1 Å². The minimum atomic E-state index is -1.51. The highest BCUT2D eigenvalue weighted by molar-refractivity contribution is 8.76. The summed E-state index contributed by atoms with van der Waals surface area (Å²) in [4.78, 5) is 229. The molecule has 700 valence electrons. The predicted octanol–water partition coefficient (Wildman–Crippen LogP) is 6.56. The number of carboxylic acids is 3. The van der Waals surface area contributed by atoms with Crippen molar-refractivity contribution >= 4 is 134 Å². The number of hydrogen-bond acceptors (Lipinski definition) is 26. The highest BCUT2D eigenvalue weighted by Crippen LogP contribution is 2.35. The maximum atomic E-state index is 15.1. The van der Waals surface area contributed by atoms with Gasteiger partial charge in [-0.25, -0.2) is 39.2 Å². The van der Waals surface area contributed by atoms with Crippen LogP contribution in [0.4, 0.5) is 19.2 Å². The fourth-order valence-corrected chi connectivity index (χ4v) is 16.6. The number of rotatable bonds is 60. The molecule has 126 heavy (non-hydrogen) atoms. The molecule has 2 aromatic carbocycles. The number of nitrogens with zero attached hydrogens (tertiary/aromatic N) is 3. The molecule has 3 aromatic rings. The summed E-state index contributed by atoms with van der Waals surface area (Å²) in [7, 11) is 3.99. The number of carboxylic acid groups (broad SMARTS) is 3. The molecule has 42 heteroatoms. The lowest BCUT2D eigenvalue weighted by Crippen LogP contribution is -2.50. The summed E-state index contributed by atoms with van der Waals surface area (Å²) in [5, 5.41) is 61.0. The maximum Gasteiger partial charge on any atom is 0.426 e. The van der Waals surface area contributed by atoms with Crippen LogP contribution in [-0.2, 0) is 91.1 Å². The molecule has 0 saturated carbocycles. The predicted molar refractivity (Wildman–Crippen MR) is 468 cm³/mol. The zero-order chi connectivity index (χ0) is 93.4. The topological polar surface area (TPSA) is 591 Å². The van der Waals surface area contributed by atoms with Gasteiger partial charge in [0.1, 0.15) is 35.1 Å². The molecule has 18 N–H and O–H groups in total. The Bertz CT molecular complexity index is 4070. The van der Waals surface area contributed by atoms with Gasteiger partial charge in [-0.2, -0.15) is 0 Å². The summed E-state index contributed by atoms with van der Waals surface area (Å²) in [5.74, 6) is -12.9. The van der Waals surface area contributed by atoms with Crippen molar-refractivity contribution in [3.05, 3.63) is 81.3 Å². The molecule has 0 spiro atoms. The van der Waals surface area contributed by atoms with Crippen LogP contribution in [0.25, 0.3) is 0 Å². The molecule has 0 radical (unpaired) electrons. The quantitative estimate of drug-likeness (QED) is 0.00710. The summed E-state index contributed by atoms with van der Waals surface area (Å²) in [6.07, 6.45) is 2.27. The first kappa shape index (κ1) is 107. The van der Waals surface area contributed by atoms with Crippen LogP contribution in [0.5, 0.6) is 5.75 Å². The molecule has 1 unspecified atom stereocenters.